The van der Waals surface area contributed by atoms with E-state index in [-0.39, 0.29) is 17.8 Å². The van der Waals surface area contributed by atoms with Crippen molar-refractivity contribution in [3.8, 4) is 0 Å². The van der Waals surface area contributed by atoms with Crippen molar-refractivity contribution >= 4 is 17.4 Å². The minimum Gasteiger partial charge on any atom is -0.503 e. The summed E-state index contributed by atoms with van der Waals surface area (Å²) < 4.78 is 5.59. The van der Waals surface area contributed by atoms with Crippen LogP contribution in [0.1, 0.15) is 34.9 Å². The smallest absolute Gasteiger partial charge is 0.294 e. The Balaban J connectivity index is 1.72. The zero-order valence-corrected chi connectivity index (χ0v) is 17.0. The van der Waals surface area contributed by atoms with Gasteiger partial charge in [-0.2, -0.15) is 0 Å². The van der Waals surface area contributed by atoms with Gasteiger partial charge in [0.25, 0.3) is 5.91 Å². The number of aliphatic hydroxyl groups excluding tert-OH is 1. The number of hydrogen-bond donors (Lipinski definition) is 1. The predicted octanol–water partition coefficient (Wildman–Crippen LogP) is 5.00. The molecule has 4 rings (SSSR count). The van der Waals surface area contributed by atoms with E-state index < -0.39 is 17.7 Å². The van der Waals surface area contributed by atoms with Crippen LogP contribution in [-0.2, 0) is 16.0 Å². The molecule has 0 bridgehead atoms. The van der Waals surface area contributed by atoms with Crippen molar-refractivity contribution in [2.75, 3.05) is 4.90 Å². The predicted molar refractivity (Wildman–Crippen MR) is 114 cm³/mol. The monoisotopic (exact) mass is 401 g/mol. The Kier molecular flexibility index (Phi) is 5.27. The lowest BCUT2D eigenvalue weighted by molar-refractivity contribution is -0.118. The van der Waals surface area contributed by atoms with E-state index in [9.17, 15) is 14.7 Å². The fraction of sp³-hybridized carbons (Fsp3) is 0.200. The van der Waals surface area contributed by atoms with E-state index in [1.54, 1.807) is 12.1 Å². The van der Waals surface area contributed by atoms with Gasteiger partial charge in [-0.1, -0.05) is 42.5 Å². The normalized spacial score (nSPS) is 16.4. The Hall–Kier alpha value is -3.60. The summed E-state index contributed by atoms with van der Waals surface area (Å²) in [7, 11) is 0. The number of aliphatic hydroxyl groups is 1. The van der Waals surface area contributed by atoms with Crippen LogP contribution < -0.4 is 4.90 Å². The van der Waals surface area contributed by atoms with Gasteiger partial charge >= 0.3 is 0 Å². The molecule has 0 spiro atoms. The zero-order valence-electron chi connectivity index (χ0n) is 17.0. The van der Waals surface area contributed by atoms with Crippen molar-refractivity contribution < 1.29 is 19.1 Å². The molecule has 152 valence electrons. The lowest BCUT2D eigenvalue weighted by Crippen LogP contribution is -2.31. The molecule has 1 atom stereocenters. The van der Waals surface area contributed by atoms with Gasteiger partial charge in [-0.25, -0.2) is 0 Å². The molecule has 30 heavy (non-hydrogen) atoms. The zero-order chi connectivity index (χ0) is 21.3. The molecule has 0 saturated heterocycles. The maximum Gasteiger partial charge on any atom is 0.294 e. The highest BCUT2D eigenvalue weighted by molar-refractivity contribution is 6.16. The Morgan fingerprint density at radius 3 is 2.50 bits per heavy atom. The Morgan fingerprint density at radius 1 is 1.03 bits per heavy atom. The third-order valence-electron chi connectivity index (χ3n) is 5.64. The molecule has 1 N–H and O–H groups in total. The summed E-state index contributed by atoms with van der Waals surface area (Å²) in [6.07, 6.45) is 2.22. The quantitative estimate of drug-likeness (QED) is 0.631. The third kappa shape index (κ3) is 3.43. The van der Waals surface area contributed by atoms with Crippen LogP contribution in [0.3, 0.4) is 0 Å². The number of nitrogens with zero attached hydrogens (tertiary/aromatic N) is 1. The van der Waals surface area contributed by atoms with Crippen LogP contribution in [-0.4, -0.2) is 16.8 Å². The van der Waals surface area contributed by atoms with Gasteiger partial charge in [0.15, 0.2) is 11.5 Å². The summed E-state index contributed by atoms with van der Waals surface area (Å²) in [6, 6.07) is 17.9. The standard InChI is InChI=1S/C25H23NO4/c1-16-8-6-11-19(17(16)2)26-23(21-12-7-15-30-21)22(24(28)25(26)29)20(27)14-13-18-9-4-3-5-10-18/h3-12,15,23,28H,13-14H2,1-2H3. The maximum absolute atomic E-state index is 13.2. The molecule has 0 fully saturated rings. The van der Waals surface area contributed by atoms with Gasteiger partial charge < -0.3 is 9.52 Å². The van der Waals surface area contributed by atoms with Crippen LogP contribution in [0, 0.1) is 13.8 Å². The number of furan rings is 1. The number of ketones is 1. The minimum atomic E-state index is -0.795. The number of rotatable bonds is 6. The van der Waals surface area contributed by atoms with Crippen LogP contribution in [0.25, 0.3) is 0 Å². The number of hydrogen-bond acceptors (Lipinski definition) is 4. The van der Waals surface area contributed by atoms with Crippen LogP contribution in [0.4, 0.5) is 5.69 Å². The van der Waals surface area contributed by atoms with E-state index in [0.29, 0.717) is 17.9 Å². The fourth-order valence-corrected chi connectivity index (χ4v) is 3.89. The van der Waals surface area contributed by atoms with Crippen LogP contribution in [0.2, 0.25) is 0 Å². The van der Waals surface area contributed by atoms with Gasteiger partial charge in [-0.15, -0.1) is 0 Å². The summed E-state index contributed by atoms with van der Waals surface area (Å²) in [5.74, 6) is -0.918. The first-order valence-corrected chi connectivity index (χ1v) is 9.92. The fourth-order valence-electron chi connectivity index (χ4n) is 3.89. The largest absolute Gasteiger partial charge is 0.503 e. The lowest BCUT2D eigenvalue weighted by atomic mass is 9.96. The average Bonchev–Trinajstić information content (AvgIpc) is 3.37. The van der Waals surface area contributed by atoms with Gasteiger partial charge in [0.2, 0.25) is 0 Å². The molecule has 1 aliphatic rings. The van der Waals surface area contributed by atoms with Gasteiger partial charge in [0, 0.05) is 12.1 Å². The van der Waals surface area contributed by atoms with Gasteiger partial charge in [0.1, 0.15) is 11.8 Å². The third-order valence-corrected chi connectivity index (χ3v) is 5.64. The number of carbonyl (C=O) groups excluding carboxylic acids is 2. The molecule has 1 amide bonds. The molecule has 2 aromatic carbocycles. The highest BCUT2D eigenvalue weighted by Crippen LogP contribution is 2.42. The van der Waals surface area contributed by atoms with E-state index in [1.807, 2.05) is 62.4 Å². The van der Waals surface area contributed by atoms with Gasteiger partial charge in [-0.05, 0) is 55.2 Å². The number of anilines is 1. The Labute approximate surface area is 175 Å². The average molecular weight is 401 g/mol. The van der Waals surface area contributed by atoms with Crippen molar-refractivity contribution in [1.82, 2.24) is 0 Å². The molecular weight excluding hydrogens is 378 g/mol. The van der Waals surface area contributed by atoms with Crippen LogP contribution in [0.15, 0.2) is 82.7 Å². The van der Waals surface area contributed by atoms with Crippen molar-refractivity contribution in [1.29, 1.82) is 0 Å². The Bertz CT molecular complexity index is 1110. The highest BCUT2D eigenvalue weighted by Gasteiger charge is 2.45. The lowest BCUT2D eigenvalue weighted by Gasteiger charge is -2.27. The second-order valence-electron chi connectivity index (χ2n) is 7.48. The minimum absolute atomic E-state index is 0.0896. The van der Waals surface area contributed by atoms with E-state index in [2.05, 4.69) is 0 Å². The summed E-state index contributed by atoms with van der Waals surface area (Å²) in [5.41, 5.74) is 3.69. The van der Waals surface area contributed by atoms with Gasteiger partial charge in [-0.3, -0.25) is 14.5 Å². The van der Waals surface area contributed by atoms with Crippen LogP contribution >= 0.6 is 0 Å². The van der Waals surface area contributed by atoms with Crippen LogP contribution in [0.5, 0.6) is 0 Å². The summed E-state index contributed by atoms with van der Waals surface area (Å²) in [6.45, 7) is 3.88. The van der Waals surface area contributed by atoms with E-state index in [0.717, 1.165) is 16.7 Å². The number of carbonyl (C=O) groups is 2. The van der Waals surface area contributed by atoms with Crippen molar-refractivity contribution in [3.05, 3.63) is 101 Å². The molecule has 1 unspecified atom stereocenters. The second kappa shape index (κ2) is 8.03. The first kappa shape index (κ1) is 19.7. The number of Topliss-reactive ketones (excluding diaryl/α,β-unsaturated/α-hetero) is 1. The second-order valence-corrected chi connectivity index (χ2v) is 7.48. The van der Waals surface area contributed by atoms with E-state index in [4.69, 9.17) is 4.42 Å². The van der Waals surface area contributed by atoms with E-state index in [1.165, 1.54) is 11.2 Å². The van der Waals surface area contributed by atoms with Crippen molar-refractivity contribution in [3.63, 3.8) is 0 Å². The molecule has 0 saturated carbocycles. The topological polar surface area (TPSA) is 70.8 Å². The van der Waals surface area contributed by atoms with E-state index >= 15 is 0 Å². The molecule has 1 aliphatic heterocycles. The number of benzene rings is 2. The first-order chi connectivity index (χ1) is 14.5. The SMILES string of the molecule is Cc1cccc(N2C(=O)C(O)=C(C(=O)CCc3ccccc3)C2c2ccco2)c1C. The summed E-state index contributed by atoms with van der Waals surface area (Å²) in [4.78, 5) is 27.7. The molecule has 1 aromatic heterocycles. The van der Waals surface area contributed by atoms with Gasteiger partial charge in [0.05, 0.1) is 11.8 Å². The van der Waals surface area contributed by atoms with Crippen molar-refractivity contribution in [2.24, 2.45) is 0 Å². The summed E-state index contributed by atoms with van der Waals surface area (Å²) in [5, 5.41) is 10.7. The number of aryl methyl sites for hydroxylation is 2. The highest BCUT2D eigenvalue weighted by atomic mass is 16.3. The number of amides is 1. The molecule has 0 radical (unpaired) electrons. The first-order valence-electron chi connectivity index (χ1n) is 9.92. The molecule has 5 heteroatoms. The summed E-state index contributed by atoms with van der Waals surface area (Å²) >= 11 is 0. The Morgan fingerprint density at radius 2 is 1.80 bits per heavy atom. The van der Waals surface area contributed by atoms with Crippen molar-refractivity contribution in [2.45, 2.75) is 32.7 Å². The molecule has 2 heterocycles. The molecule has 0 aliphatic carbocycles. The maximum atomic E-state index is 13.2. The molecule has 5 nitrogen and oxygen atoms in total. The molecular formula is C25H23NO4. The molecule has 3 aromatic rings.